The standard InChI is InChI=1S/C20H32O2/c1-5-19(4)10-7-15-14(12-19)16(22)11-17-18(2,3)8-6-9-20(15,17)13-21/h5,12,15-17,21-22H,1,6-11,13H2,2-4H3/t15-,16-,17+,19-,20-/m0/s1. The lowest BCUT2D eigenvalue weighted by molar-refractivity contribution is -0.123. The molecule has 2 fully saturated rings. The lowest BCUT2D eigenvalue weighted by Crippen LogP contribution is -2.57. The third-order valence-electron chi connectivity index (χ3n) is 7.27. The molecule has 3 aliphatic rings. The van der Waals surface area contributed by atoms with Gasteiger partial charge in [-0.2, -0.15) is 0 Å². The van der Waals surface area contributed by atoms with Crippen LogP contribution in [0.4, 0.5) is 0 Å². The van der Waals surface area contributed by atoms with Gasteiger partial charge in [-0.25, -0.2) is 0 Å². The Kier molecular flexibility index (Phi) is 3.85. The van der Waals surface area contributed by atoms with Gasteiger partial charge in [-0.3, -0.25) is 0 Å². The van der Waals surface area contributed by atoms with Gasteiger partial charge in [0.1, 0.15) is 0 Å². The zero-order chi connectivity index (χ0) is 16.2. The van der Waals surface area contributed by atoms with E-state index in [1.54, 1.807) is 0 Å². The number of hydrogen-bond acceptors (Lipinski definition) is 2. The van der Waals surface area contributed by atoms with Crippen molar-refractivity contribution < 1.29 is 10.2 Å². The highest BCUT2D eigenvalue weighted by molar-refractivity contribution is 5.30. The van der Waals surface area contributed by atoms with Crippen molar-refractivity contribution in [1.29, 1.82) is 0 Å². The summed E-state index contributed by atoms with van der Waals surface area (Å²) < 4.78 is 0. The van der Waals surface area contributed by atoms with Crippen molar-refractivity contribution in [2.24, 2.45) is 28.1 Å². The first-order chi connectivity index (χ1) is 10.3. The van der Waals surface area contributed by atoms with Gasteiger partial charge in [0, 0.05) is 17.4 Å². The number of fused-ring (bicyclic) bond motifs is 3. The Morgan fingerprint density at radius 2 is 2.00 bits per heavy atom. The van der Waals surface area contributed by atoms with E-state index in [2.05, 4.69) is 33.4 Å². The van der Waals surface area contributed by atoms with Crippen molar-refractivity contribution in [2.45, 2.75) is 65.4 Å². The molecule has 0 aromatic heterocycles. The zero-order valence-corrected chi connectivity index (χ0v) is 14.4. The van der Waals surface area contributed by atoms with Gasteiger partial charge in [0.05, 0.1) is 6.10 Å². The van der Waals surface area contributed by atoms with Crippen molar-refractivity contribution in [3.63, 3.8) is 0 Å². The summed E-state index contributed by atoms with van der Waals surface area (Å²) in [6, 6.07) is 0. The summed E-state index contributed by atoms with van der Waals surface area (Å²) in [5, 5.41) is 21.2. The molecule has 0 bridgehead atoms. The van der Waals surface area contributed by atoms with Crippen molar-refractivity contribution in [3.05, 3.63) is 24.3 Å². The van der Waals surface area contributed by atoms with Crippen LogP contribution in [0.2, 0.25) is 0 Å². The Morgan fingerprint density at radius 1 is 1.27 bits per heavy atom. The predicted molar refractivity (Wildman–Crippen MR) is 90.4 cm³/mol. The predicted octanol–water partition coefficient (Wildman–Crippen LogP) is 4.08. The smallest absolute Gasteiger partial charge is 0.0756 e. The summed E-state index contributed by atoms with van der Waals surface area (Å²) in [6.45, 7) is 11.1. The van der Waals surface area contributed by atoms with Gasteiger partial charge in [-0.05, 0) is 54.9 Å². The van der Waals surface area contributed by atoms with Crippen LogP contribution in [0.1, 0.15) is 59.3 Å². The van der Waals surface area contributed by atoms with Gasteiger partial charge in [-0.1, -0.05) is 39.3 Å². The highest BCUT2D eigenvalue weighted by Gasteiger charge is 2.58. The first kappa shape index (κ1) is 16.3. The summed E-state index contributed by atoms with van der Waals surface area (Å²) in [7, 11) is 0. The minimum absolute atomic E-state index is 0.000477. The van der Waals surface area contributed by atoms with Crippen molar-refractivity contribution in [3.8, 4) is 0 Å². The fourth-order valence-corrected chi connectivity index (χ4v) is 5.91. The average Bonchev–Trinajstić information content (AvgIpc) is 2.48. The van der Waals surface area contributed by atoms with E-state index in [-0.39, 0.29) is 29.0 Å². The molecular formula is C20H32O2. The van der Waals surface area contributed by atoms with Crippen LogP contribution < -0.4 is 0 Å². The molecule has 0 heterocycles. The molecule has 0 aromatic carbocycles. The molecule has 0 aromatic rings. The molecule has 3 aliphatic carbocycles. The van der Waals surface area contributed by atoms with E-state index in [9.17, 15) is 10.2 Å². The minimum Gasteiger partial charge on any atom is -0.396 e. The van der Waals surface area contributed by atoms with E-state index >= 15 is 0 Å². The number of aliphatic hydroxyl groups excluding tert-OH is 2. The number of allylic oxidation sites excluding steroid dienone is 2. The maximum Gasteiger partial charge on any atom is 0.0756 e. The first-order valence-electron chi connectivity index (χ1n) is 8.93. The number of hydrogen-bond donors (Lipinski definition) is 2. The molecule has 2 saturated carbocycles. The average molecular weight is 304 g/mol. The van der Waals surface area contributed by atoms with Crippen molar-refractivity contribution in [1.82, 2.24) is 0 Å². The second kappa shape index (κ2) is 5.21. The van der Waals surface area contributed by atoms with Crippen LogP contribution >= 0.6 is 0 Å². The monoisotopic (exact) mass is 304 g/mol. The maximum atomic E-state index is 10.8. The van der Waals surface area contributed by atoms with Crippen LogP contribution in [0.15, 0.2) is 24.3 Å². The molecule has 0 aliphatic heterocycles. The fourth-order valence-electron chi connectivity index (χ4n) is 5.91. The van der Waals surface area contributed by atoms with Crippen LogP contribution in [0.3, 0.4) is 0 Å². The van der Waals surface area contributed by atoms with Crippen LogP contribution in [0, 0.1) is 28.1 Å². The van der Waals surface area contributed by atoms with Crippen LogP contribution in [-0.2, 0) is 0 Å². The molecule has 0 spiro atoms. The second-order valence-electron chi connectivity index (χ2n) is 8.98. The van der Waals surface area contributed by atoms with E-state index in [0.717, 1.165) is 25.7 Å². The fraction of sp³-hybridized carbons (Fsp3) is 0.800. The Hall–Kier alpha value is -0.600. The minimum atomic E-state index is -0.341. The topological polar surface area (TPSA) is 40.5 Å². The Bertz CT molecular complexity index is 492. The third kappa shape index (κ3) is 2.22. The molecule has 124 valence electrons. The molecule has 2 heteroatoms. The summed E-state index contributed by atoms with van der Waals surface area (Å²) in [6.07, 6.45) is 10.4. The van der Waals surface area contributed by atoms with Gasteiger partial charge in [-0.15, -0.1) is 6.58 Å². The van der Waals surface area contributed by atoms with Gasteiger partial charge in [0.2, 0.25) is 0 Å². The largest absolute Gasteiger partial charge is 0.396 e. The molecule has 3 rings (SSSR count). The molecule has 2 nitrogen and oxygen atoms in total. The number of aliphatic hydroxyl groups is 2. The van der Waals surface area contributed by atoms with E-state index in [1.165, 1.54) is 18.4 Å². The summed E-state index contributed by atoms with van der Waals surface area (Å²) in [5.41, 5.74) is 1.39. The number of rotatable bonds is 2. The molecule has 0 saturated heterocycles. The van der Waals surface area contributed by atoms with Gasteiger partial charge in [0.25, 0.3) is 0 Å². The molecule has 0 unspecified atom stereocenters. The van der Waals surface area contributed by atoms with Crippen molar-refractivity contribution >= 4 is 0 Å². The highest BCUT2D eigenvalue weighted by atomic mass is 16.3. The maximum absolute atomic E-state index is 10.8. The highest BCUT2D eigenvalue weighted by Crippen LogP contribution is 2.63. The molecule has 22 heavy (non-hydrogen) atoms. The normalized spacial score (nSPS) is 47.1. The van der Waals surface area contributed by atoms with E-state index < -0.39 is 0 Å². The van der Waals surface area contributed by atoms with E-state index in [1.807, 2.05) is 6.08 Å². The third-order valence-corrected chi connectivity index (χ3v) is 7.27. The van der Waals surface area contributed by atoms with Gasteiger partial charge in [0.15, 0.2) is 0 Å². The lowest BCUT2D eigenvalue weighted by atomic mass is 9.44. The Morgan fingerprint density at radius 3 is 2.64 bits per heavy atom. The summed E-state index contributed by atoms with van der Waals surface area (Å²) in [4.78, 5) is 0. The molecule has 0 amide bonds. The second-order valence-corrected chi connectivity index (χ2v) is 8.98. The molecule has 2 N–H and O–H groups in total. The zero-order valence-electron chi connectivity index (χ0n) is 14.4. The molecule has 0 radical (unpaired) electrons. The first-order valence-corrected chi connectivity index (χ1v) is 8.93. The lowest BCUT2D eigenvalue weighted by Gasteiger charge is -2.61. The summed E-state index contributed by atoms with van der Waals surface area (Å²) >= 11 is 0. The van der Waals surface area contributed by atoms with E-state index in [4.69, 9.17) is 0 Å². The van der Waals surface area contributed by atoms with E-state index in [0.29, 0.717) is 11.8 Å². The van der Waals surface area contributed by atoms with Crippen molar-refractivity contribution in [2.75, 3.05) is 6.61 Å². The van der Waals surface area contributed by atoms with Gasteiger partial charge >= 0.3 is 0 Å². The van der Waals surface area contributed by atoms with Crippen LogP contribution in [0.25, 0.3) is 0 Å². The van der Waals surface area contributed by atoms with Crippen LogP contribution in [-0.4, -0.2) is 22.9 Å². The molecule has 5 atom stereocenters. The molecular weight excluding hydrogens is 272 g/mol. The van der Waals surface area contributed by atoms with Gasteiger partial charge < -0.3 is 10.2 Å². The summed E-state index contributed by atoms with van der Waals surface area (Å²) in [5.74, 6) is 0.767. The van der Waals surface area contributed by atoms with Crippen LogP contribution in [0.5, 0.6) is 0 Å². The Labute approximate surface area is 135 Å². The Balaban J connectivity index is 2.06. The quantitative estimate of drug-likeness (QED) is 0.755. The SMILES string of the molecule is C=C[C@]1(C)C=C2[C@@H](O)C[C@@H]3C(C)(C)CCC[C@]3(CO)[C@H]2CC1.